The van der Waals surface area contributed by atoms with Gasteiger partial charge in [-0.1, -0.05) is 0 Å². The van der Waals surface area contributed by atoms with Crippen LogP contribution in [0.5, 0.6) is 0 Å². The fourth-order valence-corrected chi connectivity index (χ4v) is 7.31. The summed E-state index contributed by atoms with van der Waals surface area (Å²) >= 11 is 0.650. The average Bonchev–Trinajstić information content (AvgIpc) is 2.75. The summed E-state index contributed by atoms with van der Waals surface area (Å²) in [5.41, 5.74) is 0.330. The van der Waals surface area contributed by atoms with E-state index in [1.54, 1.807) is 10.8 Å². The van der Waals surface area contributed by atoms with Crippen molar-refractivity contribution in [2.75, 3.05) is 5.94 Å². The SMILES string of the molecule is [2H]C[C@H]1O[C@@H](B)[C@@H](OCSSC(C)(C)C)C1OP([O][Ce])C(C)C. The summed E-state index contributed by atoms with van der Waals surface area (Å²) < 4.78 is 31.7. The molecule has 0 radical (unpaired) electrons. The van der Waals surface area contributed by atoms with Gasteiger partial charge in [0.25, 0.3) is 0 Å². The Kier molecular flexibility index (Phi) is 9.92. The third-order valence-corrected chi connectivity index (χ3v) is 9.06. The molecular formula is C13H27BCeO4PS2. The van der Waals surface area contributed by atoms with Crippen molar-refractivity contribution in [3.8, 4) is 0 Å². The zero-order valence-electron chi connectivity index (χ0n) is 15.2. The summed E-state index contributed by atoms with van der Waals surface area (Å²) in [6.45, 7) is 10.9. The van der Waals surface area contributed by atoms with E-state index in [-0.39, 0.29) is 36.0 Å². The van der Waals surface area contributed by atoms with E-state index in [0.29, 0.717) is 51.8 Å². The van der Waals surface area contributed by atoms with Gasteiger partial charge in [-0.2, -0.15) is 0 Å². The maximum atomic E-state index is 7.72. The van der Waals surface area contributed by atoms with Gasteiger partial charge in [0.2, 0.25) is 0 Å². The van der Waals surface area contributed by atoms with E-state index in [1.807, 2.05) is 18.6 Å². The van der Waals surface area contributed by atoms with Crippen molar-refractivity contribution in [1.82, 2.24) is 0 Å². The second-order valence-corrected chi connectivity index (χ2v) is 13.3. The molecule has 2 unspecified atom stereocenters. The van der Waals surface area contributed by atoms with Crippen LogP contribution in [0.15, 0.2) is 0 Å². The van der Waals surface area contributed by atoms with Crippen LogP contribution in [0, 0.1) is 40.2 Å². The van der Waals surface area contributed by atoms with Crippen molar-refractivity contribution in [2.45, 2.75) is 76.2 Å². The Bertz CT molecular complexity index is 354. The molecule has 5 atom stereocenters. The molecule has 22 heavy (non-hydrogen) atoms. The molecule has 0 aromatic carbocycles. The summed E-state index contributed by atoms with van der Waals surface area (Å²) in [5.74, 6) is 0.590. The monoisotopic (exact) mass is 494 g/mol. The summed E-state index contributed by atoms with van der Waals surface area (Å²) in [6.07, 6.45) is -0.597. The van der Waals surface area contributed by atoms with E-state index in [0.717, 1.165) is 0 Å². The van der Waals surface area contributed by atoms with Gasteiger partial charge in [-0.15, -0.1) is 0 Å². The van der Waals surface area contributed by atoms with Gasteiger partial charge in [-0.3, -0.25) is 0 Å². The van der Waals surface area contributed by atoms with E-state index < -0.39 is 8.38 Å². The van der Waals surface area contributed by atoms with Gasteiger partial charge >= 0.3 is 176 Å². The molecule has 0 aromatic rings. The van der Waals surface area contributed by atoms with Crippen molar-refractivity contribution in [2.24, 2.45) is 0 Å². The predicted octanol–water partition coefficient (Wildman–Crippen LogP) is 3.47. The van der Waals surface area contributed by atoms with Crippen molar-refractivity contribution in [3.63, 3.8) is 0 Å². The zero-order valence-corrected chi connectivity index (χ0v) is 19.9. The molecule has 1 heterocycles. The predicted molar refractivity (Wildman–Crippen MR) is 95.6 cm³/mol. The second-order valence-electron chi connectivity index (χ2n) is 6.48. The first kappa shape index (κ1) is 20.7. The normalized spacial score (nSPS) is 31.4. The summed E-state index contributed by atoms with van der Waals surface area (Å²) in [6, 6.07) is -0.0614. The number of hydrogen-bond donors (Lipinski definition) is 0. The molecule has 4 nitrogen and oxygen atoms in total. The Labute approximate surface area is 174 Å². The van der Waals surface area contributed by atoms with Gasteiger partial charge in [0.1, 0.15) is 0 Å². The first-order valence-corrected chi connectivity index (χ1v) is 12.2. The Morgan fingerprint density at radius 3 is 2.59 bits per heavy atom. The minimum atomic E-state index is -0.937. The molecule has 1 aliphatic heterocycles. The molecule has 0 aliphatic carbocycles. The van der Waals surface area contributed by atoms with Crippen LogP contribution in [0.3, 0.4) is 0 Å². The van der Waals surface area contributed by atoms with Gasteiger partial charge in [0, 0.05) is 0 Å². The van der Waals surface area contributed by atoms with E-state index in [9.17, 15) is 0 Å². The first-order valence-electron chi connectivity index (χ1n) is 8.07. The molecule has 9 heteroatoms. The van der Waals surface area contributed by atoms with Gasteiger partial charge in [-0.25, -0.2) is 0 Å². The van der Waals surface area contributed by atoms with Crippen LogP contribution in [0.2, 0.25) is 0 Å². The van der Waals surface area contributed by atoms with Crippen molar-refractivity contribution in [1.29, 1.82) is 0 Å². The van der Waals surface area contributed by atoms with Crippen LogP contribution < -0.4 is 0 Å². The fourth-order valence-electron chi connectivity index (χ4n) is 1.94. The van der Waals surface area contributed by atoms with E-state index in [1.165, 1.54) is 0 Å². The molecule has 0 amide bonds. The van der Waals surface area contributed by atoms with E-state index in [2.05, 4.69) is 34.6 Å². The molecule has 0 bridgehead atoms. The van der Waals surface area contributed by atoms with Crippen molar-refractivity contribution >= 4 is 37.8 Å². The van der Waals surface area contributed by atoms with Crippen LogP contribution in [0.25, 0.3) is 0 Å². The summed E-state index contributed by atoms with van der Waals surface area (Å²) in [7, 11) is 4.58. The Balaban J connectivity index is 2.61. The van der Waals surface area contributed by atoms with Crippen LogP contribution in [-0.4, -0.2) is 48.5 Å². The van der Waals surface area contributed by atoms with Crippen LogP contribution in [0.4, 0.5) is 0 Å². The van der Waals surface area contributed by atoms with E-state index in [4.69, 9.17) is 16.1 Å². The Morgan fingerprint density at radius 2 is 2.09 bits per heavy atom. The summed E-state index contributed by atoms with van der Waals surface area (Å²) in [4.78, 5) is 0. The molecular weight excluding hydrogens is 466 g/mol. The third-order valence-electron chi connectivity index (χ3n) is 2.90. The second kappa shape index (κ2) is 10.5. The molecule has 0 spiro atoms. The molecule has 1 rings (SSSR count). The van der Waals surface area contributed by atoms with Crippen LogP contribution >= 0.6 is 30.0 Å². The first-order chi connectivity index (χ1) is 10.7. The number of rotatable bonds is 8. The molecule has 0 saturated carbocycles. The van der Waals surface area contributed by atoms with Crippen molar-refractivity contribution in [3.05, 3.63) is 0 Å². The Morgan fingerprint density at radius 1 is 1.41 bits per heavy atom. The molecule has 127 valence electrons. The minimum absolute atomic E-state index is 0.0614. The summed E-state index contributed by atoms with van der Waals surface area (Å²) in [5, 5.41) is 0. The number of ether oxygens (including phenoxy) is 2. The maximum absolute atomic E-state index is 7.72. The van der Waals surface area contributed by atoms with Gasteiger partial charge in [0.15, 0.2) is 0 Å². The zero-order chi connectivity index (χ0) is 17.6. The number of hydrogen-bond acceptors (Lipinski definition) is 6. The van der Waals surface area contributed by atoms with Crippen LogP contribution in [0.1, 0.15) is 42.9 Å². The standard InChI is InChI=1S/C13H27BO4PS2.Ce/c1-8(2)19(15)18-10-9(3)17-12(14)11(10)16-7-20-21-13(4,5)6;/h8-12H,7,14H2,1-6H3;/q-1;+1/t9-,10?,11+,12-,19?;/m1./s1/i3D;. The van der Waals surface area contributed by atoms with Crippen molar-refractivity contribution < 1.29 is 56.4 Å². The van der Waals surface area contributed by atoms with E-state index >= 15 is 0 Å². The van der Waals surface area contributed by atoms with Crippen LogP contribution in [-0.2, 0) is 14.7 Å². The van der Waals surface area contributed by atoms with Gasteiger partial charge < -0.3 is 0 Å². The average molecular weight is 494 g/mol. The fraction of sp³-hybridized carbons (Fsp3) is 1.00. The van der Waals surface area contributed by atoms with Gasteiger partial charge in [0.05, 0.1) is 0 Å². The molecule has 1 fully saturated rings. The molecule has 1 aliphatic rings. The van der Waals surface area contributed by atoms with Gasteiger partial charge in [-0.05, 0) is 0 Å². The molecule has 1 saturated heterocycles. The topological polar surface area (TPSA) is 36.9 Å². The Hall–Kier alpha value is 2.41. The quantitative estimate of drug-likeness (QED) is 0.169. The third kappa shape index (κ3) is 7.75. The molecule has 0 N–H and O–H groups in total. The molecule has 0 aromatic heterocycles.